The Balaban J connectivity index is 2.41. The van der Waals surface area contributed by atoms with Gasteiger partial charge in [0.1, 0.15) is 17.6 Å². The molecular formula is C14H15N3O2. The van der Waals surface area contributed by atoms with E-state index in [1.165, 1.54) is 4.90 Å². The quantitative estimate of drug-likeness (QED) is 0.807. The van der Waals surface area contributed by atoms with Gasteiger partial charge in [-0.15, -0.1) is 6.42 Å². The first kappa shape index (κ1) is 13.0. The van der Waals surface area contributed by atoms with Gasteiger partial charge in [-0.2, -0.15) is 0 Å². The fraction of sp³-hybridized carbons (Fsp3) is 0.286. The van der Waals surface area contributed by atoms with Crippen LogP contribution in [0.1, 0.15) is 18.5 Å². The van der Waals surface area contributed by atoms with Crippen molar-refractivity contribution < 1.29 is 9.53 Å². The van der Waals surface area contributed by atoms with Gasteiger partial charge in [0.2, 0.25) is 0 Å². The van der Waals surface area contributed by atoms with Crippen LogP contribution in [0.25, 0.3) is 0 Å². The molecule has 0 radical (unpaired) electrons. The Labute approximate surface area is 112 Å². The van der Waals surface area contributed by atoms with Crippen molar-refractivity contribution in [3.05, 3.63) is 29.8 Å². The number of amides is 2. The largest absolute Gasteiger partial charge is 0.494 e. The van der Waals surface area contributed by atoms with Crippen molar-refractivity contribution >= 4 is 11.9 Å². The molecule has 1 heterocycles. The number of terminal acetylenes is 1. The van der Waals surface area contributed by atoms with E-state index in [4.69, 9.17) is 16.6 Å². The second-order valence-corrected chi connectivity index (χ2v) is 4.05. The topological polar surface area (TPSA) is 65.4 Å². The predicted octanol–water partition coefficient (Wildman–Crippen LogP) is 1.76. The van der Waals surface area contributed by atoms with Gasteiger partial charge in [0, 0.05) is 5.56 Å². The molecule has 1 aromatic carbocycles. The van der Waals surface area contributed by atoms with Crippen LogP contribution in [0.15, 0.2) is 24.3 Å². The lowest BCUT2D eigenvalue weighted by Crippen LogP contribution is -2.30. The van der Waals surface area contributed by atoms with Crippen molar-refractivity contribution in [2.45, 2.75) is 13.0 Å². The maximum absolute atomic E-state index is 11.8. The lowest BCUT2D eigenvalue weighted by atomic mass is 10.0. The Morgan fingerprint density at radius 2 is 2.26 bits per heavy atom. The number of hydrogen-bond acceptors (Lipinski definition) is 3. The van der Waals surface area contributed by atoms with Crippen molar-refractivity contribution in [3.63, 3.8) is 0 Å². The number of carbonyl (C=O) groups is 1. The Morgan fingerprint density at radius 3 is 2.95 bits per heavy atom. The Bertz CT molecular complexity index is 548. The lowest BCUT2D eigenvalue weighted by molar-refractivity contribution is 0.211. The lowest BCUT2D eigenvalue weighted by Gasteiger charge is -2.22. The van der Waals surface area contributed by atoms with E-state index in [1.807, 2.05) is 31.2 Å². The predicted molar refractivity (Wildman–Crippen MR) is 72.1 cm³/mol. The Morgan fingerprint density at radius 1 is 1.53 bits per heavy atom. The average Bonchev–Trinajstić information content (AvgIpc) is 2.66. The van der Waals surface area contributed by atoms with Gasteiger partial charge in [-0.3, -0.25) is 15.6 Å². The third-order valence-electron chi connectivity index (χ3n) is 2.86. The number of hydrogen-bond donors (Lipinski definition) is 2. The molecule has 1 unspecified atom stereocenters. The third-order valence-corrected chi connectivity index (χ3v) is 2.86. The van der Waals surface area contributed by atoms with Crippen LogP contribution in [0.2, 0.25) is 0 Å². The highest BCUT2D eigenvalue weighted by Gasteiger charge is 2.37. The fourth-order valence-electron chi connectivity index (χ4n) is 2.11. The molecule has 5 nitrogen and oxygen atoms in total. The van der Waals surface area contributed by atoms with E-state index < -0.39 is 6.04 Å². The van der Waals surface area contributed by atoms with Crippen molar-refractivity contribution in [2.75, 3.05) is 13.2 Å². The molecule has 0 aromatic heterocycles. The van der Waals surface area contributed by atoms with Gasteiger partial charge in [0.25, 0.3) is 0 Å². The van der Waals surface area contributed by atoms with E-state index in [2.05, 4.69) is 11.2 Å². The second-order valence-electron chi connectivity index (χ2n) is 4.05. The third kappa shape index (κ3) is 2.38. The standard InChI is InChI=1S/C14H15N3O2/c1-3-9-17-12(13(15)16-14(17)18)10-7-5-6-8-11(10)19-4-2/h1,5-8,12H,4,9H2,2H3,(H2,15,16,18). The summed E-state index contributed by atoms with van der Waals surface area (Å²) in [5, 5.41) is 10.4. The van der Waals surface area contributed by atoms with E-state index in [1.54, 1.807) is 0 Å². The summed E-state index contributed by atoms with van der Waals surface area (Å²) in [5.74, 6) is 3.22. The van der Waals surface area contributed by atoms with Crippen molar-refractivity contribution in [3.8, 4) is 18.1 Å². The molecule has 0 aliphatic carbocycles. The highest BCUT2D eigenvalue weighted by molar-refractivity contribution is 6.06. The van der Waals surface area contributed by atoms with Gasteiger partial charge < -0.3 is 4.74 Å². The van der Waals surface area contributed by atoms with Gasteiger partial charge in [-0.1, -0.05) is 24.1 Å². The van der Waals surface area contributed by atoms with Crippen LogP contribution in [0.4, 0.5) is 4.79 Å². The van der Waals surface area contributed by atoms with Crippen LogP contribution in [0.5, 0.6) is 5.75 Å². The highest BCUT2D eigenvalue weighted by Crippen LogP contribution is 2.32. The van der Waals surface area contributed by atoms with Gasteiger partial charge >= 0.3 is 6.03 Å². The molecule has 5 heteroatoms. The zero-order valence-electron chi connectivity index (χ0n) is 10.6. The molecule has 2 N–H and O–H groups in total. The minimum atomic E-state index is -0.508. The Kier molecular flexibility index (Phi) is 3.71. The molecule has 0 saturated carbocycles. The van der Waals surface area contributed by atoms with Gasteiger partial charge in [-0.05, 0) is 13.0 Å². The summed E-state index contributed by atoms with van der Waals surface area (Å²) in [7, 11) is 0. The number of ether oxygens (including phenoxy) is 1. The summed E-state index contributed by atoms with van der Waals surface area (Å²) in [5.41, 5.74) is 0.767. The van der Waals surface area contributed by atoms with E-state index in [0.717, 1.165) is 5.56 Å². The number of amidine groups is 1. The normalized spacial score (nSPS) is 18.1. The summed E-state index contributed by atoms with van der Waals surface area (Å²) in [4.78, 5) is 13.2. The van der Waals surface area contributed by atoms with Crippen LogP contribution in [-0.4, -0.2) is 29.9 Å². The van der Waals surface area contributed by atoms with E-state index in [-0.39, 0.29) is 18.4 Å². The van der Waals surface area contributed by atoms with Crippen molar-refractivity contribution in [1.29, 1.82) is 5.41 Å². The minimum absolute atomic E-state index is 0.118. The molecule has 19 heavy (non-hydrogen) atoms. The van der Waals surface area contributed by atoms with Crippen molar-refractivity contribution in [1.82, 2.24) is 10.2 Å². The van der Waals surface area contributed by atoms with E-state index in [0.29, 0.717) is 12.4 Å². The van der Waals surface area contributed by atoms with Crippen LogP contribution in [0.3, 0.4) is 0 Å². The number of para-hydroxylation sites is 1. The number of carbonyl (C=O) groups excluding carboxylic acids is 1. The maximum atomic E-state index is 11.8. The molecule has 1 aromatic rings. The molecule has 1 aliphatic heterocycles. The Hall–Kier alpha value is -2.48. The molecule has 1 fully saturated rings. The van der Waals surface area contributed by atoms with Crippen LogP contribution in [0, 0.1) is 17.8 Å². The summed E-state index contributed by atoms with van der Waals surface area (Å²) in [6.45, 7) is 2.56. The number of nitrogens with one attached hydrogen (secondary N) is 2. The highest BCUT2D eigenvalue weighted by atomic mass is 16.5. The first-order chi connectivity index (χ1) is 9.19. The van der Waals surface area contributed by atoms with Gasteiger partial charge in [-0.25, -0.2) is 4.79 Å². The molecule has 1 saturated heterocycles. The minimum Gasteiger partial charge on any atom is -0.494 e. The number of benzene rings is 1. The summed E-state index contributed by atoms with van der Waals surface area (Å²) < 4.78 is 5.55. The van der Waals surface area contributed by atoms with Crippen LogP contribution < -0.4 is 10.1 Å². The molecule has 2 rings (SSSR count). The van der Waals surface area contributed by atoms with Crippen molar-refractivity contribution in [2.24, 2.45) is 0 Å². The first-order valence-corrected chi connectivity index (χ1v) is 6.00. The number of nitrogens with zero attached hydrogens (tertiary/aromatic N) is 1. The van der Waals surface area contributed by atoms with Gasteiger partial charge in [0.15, 0.2) is 0 Å². The molecule has 1 atom stereocenters. The van der Waals surface area contributed by atoms with Gasteiger partial charge in [0.05, 0.1) is 13.2 Å². The summed E-state index contributed by atoms with van der Waals surface area (Å²) in [6.07, 6.45) is 5.28. The number of rotatable bonds is 4. The average molecular weight is 257 g/mol. The smallest absolute Gasteiger partial charge is 0.324 e. The van der Waals surface area contributed by atoms with Crippen LogP contribution in [-0.2, 0) is 0 Å². The first-order valence-electron chi connectivity index (χ1n) is 6.00. The molecule has 1 aliphatic rings. The van der Waals surface area contributed by atoms with E-state index in [9.17, 15) is 4.79 Å². The fourth-order valence-corrected chi connectivity index (χ4v) is 2.11. The van der Waals surface area contributed by atoms with E-state index >= 15 is 0 Å². The zero-order valence-corrected chi connectivity index (χ0v) is 10.6. The summed E-state index contributed by atoms with van der Waals surface area (Å²) >= 11 is 0. The summed E-state index contributed by atoms with van der Waals surface area (Å²) in [6, 6.07) is 6.51. The molecule has 98 valence electrons. The monoisotopic (exact) mass is 257 g/mol. The number of urea groups is 1. The molecule has 0 spiro atoms. The molecular weight excluding hydrogens is 242 g/mol. The SMILES string of the molecule is C#CCN1C(=O)NC(=N)C1c1ccccc1OCC. The second kappa shape index (κ2) is 5.44. The van der Waals surface area contributed by atoms with Crippen LogP contribution >= 0.6 is 0 Å². The molecule has 2 amide bonds. The molecule has 0 bridgehead atoms. The maximum Gasteiger partial charge on any atom is 0.324 e. The zero-order chi connectivity index (χ0) is 13.8.